The maximum absolute atomic E-state index is 10.2. The molecule has 0 aliphatic heterocycles. The van der Waals surface area contributed by atoms with Gasteiger partial charge in [0.1, 0.15) is 0 Å². The minimum Gasteiger partial charge on any atom is -0.478 e. The summed E-state index contributed by atoms with van der Waals surface area (Å²) >= 11 is 4.01. The van der Waals surface area contributed by atoms with Crippen molar-refractivity contribution in [1.29, 1.82) is 0 Å². The van der Waals surface area contributed by atoms with Crippen LogP contribution in [0.1, 0.15) is 0 Å². The first-order valence-electron chi connectivity index (χ1n) is 3.21. The molecule has 0 unspecified atom stereocenters. The molecular formula is C8H7BrO2S. The highest BCUT2D eigenvalue weighted by molar-refractivity contribution is 9.10. The van der Waals surface area contributed by atoms with Gasteiger partial charge in [-0.3, -0.25) is 0 Å². The number of aliphatic carboxylic acids is 1. The smallest absolute Gasteiger partial charge is 0.334 e. The second kappa shape index (κ2) is 4.42. The van der Waals surface area contributed by atoms with Gasteiger partial charge in [0.2, 0.25) is 0 Å². The van der Waals surface area contributed by atoms with Gasteiger partial charge in [-0.05, 0) is 29.2 Å². The van der Waals surface area contributed by atoms with Crippen LogP contribution >= 0.6 is 27.3 Å². The highest BCUT2D eigenvalue weighted by atomic mass is 79.9. The fraction of sp³-hybridized carbons (Fsp3) is 0. The third kappa shape index (κ3) is 3.19. The van der Waals surface area contributed by atoms with Crippen LogP contribution in [0.15, 0.2) is 33.6 Å². The van der Waals surface area contributed by atoms with Crippen molar-refractivity contribution >= 4 is 38.6 Å². The molecule has 0 saturated carbocycles. The Labute approximate surface area is 82.3 Å². The van der Waals surface area contributed by atoms with Crippen molar-refractivity contribution in [3.05, 3.63) is 28.7 Å². The summed E-state index contributed by atoms with van der Waals surface area (Å²) in [6.07, 6.45) is 0. The van der Waals surface area contributed by atoms with Crippen molar-refractivity contribution in [2.24, 2.45) is 0 Å². The van der Waals surface area contributed by atoms with Gasteiger partial charge in [-0.25, -0.2) is 4.79 Å². The molecule has 0 bridgehead atoms. The van der Waals surface area contributed by atoms with Gasteiger partial charge in [-0.15, -0.1) is 0 Å². The molecule has 1 rings (SSSR count). The number of hydrogen-bond donors (Lipinski definition) is 2. The lowest BCUT2D eigenvalue weighted by Gasteiger charge is -1.92. The van der Waals surface area contributed by atoms with Crippen molar-refractivity contribution in [3.8, 4) is 0 Å². The van der Waals surface area contributed by atoms with Crippen LogP contribution in [-0.4, -0.2) is 16.4 Å². The number of halogens is 1. The fourth-order valence-electron chi connectivity index (χ4n) is 0.657. The summed E-state index contributed by atoms with van der Waals surface area (Å²) in [4.78, 5) is 11.1. The van der Waals surface area contributed by atoms with E-state index in [2.05, 4.69) is 15.9 Å². The minimum absolute atomic E-state index is 0.714. The molecule has 12 heavy (non-hydrogen) atoms. The number of carboxylic acids is 1. The number of benzene rings is 1. The largest absolute Gasteiger partial charge is 0.478 e. The van der Waals surface area contributed by atoms with Crippen molar-refractivity contribution in [2.75, 3.05) is 0 Å². The molecule has 4 heteroatoms. The van der Waals surface area contributed by atoms with Gasteiger partial charge in [0, 0.05) is 9.84 Å². The first-order valence-corrected chi connectivity index (χ1v) is 4.97. The highest BCUT2D eigenvalue weighted by Gasteiger charge is 1.88. The number of carboxylic acid groups (broad SMARTS) is 1. The summed E-state index contributed by atoms with van der Waals surface area (Å²) < 4.78 is 0.997. The zero-order valence-corrected chi connectivity index (χ0v) is 8.55. The number of thiol groups is 1. The lowest BCUT2D eigenvalue weighted by atomic mass is 10.4. The van der Waals surface area contributed by atoms with Gasteiger partial charge < -0.3 is 5.11 Å². The minimum atomic E-state index is -0.889. The molecule has 1 N–H and O–H groups in total. The second-order valence-corrected chi connectivity index (χ2v) is 4.02. The molecule has 0 saturated heterocycles. The van der Waals surface area contributed by atoms with Crippen LogP contribution in [0.25, 0.3) is 0 Å². The van der Waals surface area contributed by atoms with Gasteiger partial charge in [0.25, 0.3) is 0 Å². The average Bonchev–Trinajstić information content (AvgIpc) is 2.03. The van der Waals surface area contributed by atoms with E-state index >= 15 is 0 Å². The van der Waals surface area contributed by atoms with Crippen LogP contribution in [0.5, 0.6) is 0 Å². The summed E-state index contributed by atoms with van der Waals surface area (Å²) in [5, 5.41) is 9.57. The van der Waals surface area contributed by atoms with Crippen molar-refractivity contribution < 1.29 is 9.90 Å². The van der Waals surface area contributed by atoms with E-state index in [9.17, 15) is 4.79 Å². The Bertz CT molecular complexity index is 305. The van der Waals surface area contributed by atoms with Crippen LogP contribution in [0.4, 0.5) is 0 Å². The zero-order valence-electron chi connectivity index (χ0n) is 6.07. The van der Waals surface area contributed by atoms with Gasteiger partial charge in [-0.2, -0.15) is 11.4 Å². The molecule has 0 radical (unpaired) electrons. The third-order valence-corrected chi connectivity index (χ3v) is 2.63. The summed E-state index contributed by atoms with van der Waals surface area (Å²) in [6.45, 7) is 0. The Morgan fingerprint density at radius 1 is 1.42 bits per heavy atom. The molecule has 1 aromatic rings. The Morgan fingerprint density at radius 3 is 2.50 bits per heavy atom. The normalized spacial score (nSPS) is 11.1. The Balaban J connectivity index is 2.77. The Morgan fingerprint density at radius 2 is 2.00 bits per heavy atom. The summed E-state index contributed by atoms with van der Waals surface area (Å²) in [6, 6.07) is 7.53. The summed E-state index contributed by atoms with van der Waals surface area (Å²) in [7, 11) is 0. The third-order valence-electron chi connectivity index (χ3n) is 1.15. The number of hydrogen-bond acceptors (Lipinski definition) is 1. The van der Waals surface area contributed by atoms with E-state index in [1.807, 2.05) is 24.3 Å². The molecule has 0 aliphatic carbocycles. The average molecular weight is 247 g/mol. The van der Waals surface area contributed by atoms with Crippen LogP contribution in [0.3, 0.4) is 0 Å². The zero-order chi connectivity index (χ0) is 8.97. The lowest BCUT2D eigenvalue weighted by Crippen LogP contribution is -1.91. The standard InChI is InChI=1S/C8H7BrO2S/c9-6-1-3-7(4-2-6)12-5-8(10)11/h1-5,12H,(H,10,11). The molecule has 2 nitrogen and oxygen atoms in total. The van der Waals surface area contributed by atoms with Crippen LogP contribution < -0.4 is 0 Å². The monoisotopic (exact) mass is 246 g/mol. The number of rotatable bonds is 2. The predicted molar refractivity (Wildman–Crippen MR) is 55.1 cm³/mol. The van der Waals surface area contributed by atoms with Crippen molar-refractivity contribution in [2.45, 2.75) is 4.90 Å². The first-order chi connectivity index (χ1) is 5.68. The maximum atomic E-state index is 10.2. The van der Waals surface area contributed by atoms with E-state index in [0.29, 0.717) is 11.4 Å². The van der Waals surface area contributed by atoms with Crippen LogP contribution in [0, 0.1) is 0 Å². The Kier molecular flexibility index (Phi) is 3.49. The molecule has 1 aromatic carbocycles. The molecule has 0 amide bonds. The van der Waals surface area contributed by atoms with E-state index in [0.717, 1.165) is 9.37 Å². The van der Waals surface area contributed by atoms with Gasteiger partial charge in [0.15, 0.2) is 0 Å². The second-order valence-electron chi connectivity index (χ2n) is 2.07. The summed E-state index contributed by atoms with van der Waals surface area (Å²) in [5.74, 6) is -0.889. The molecule has 0 spiro atoms. The molecular weight excluding hydrogens is 240 g/mol. The van der Waals surface area contributed by atoms with E-state index in [4.69, 9.17) is 5.11 Å². The maximum Gasteiger partial charge on any atom is 0.334 e. The molecule has 0 heterocycles. The first kappa shape index (κ1) is 9.48. The van der Waals surface area contributed by atoms with Gasteiger partial charge in [-0.1, -0.05) is 15.9 Å². The van der Waals surface area contributed by atoms with Crippen molar-refractivity contribution in [3.63, 3.8) is 0 Å². The quantitative estimate of drug-likeness (QED) is 0.620. The molecule has 0 atom stereocenters. The molecule has 0 fully saturated rings. The van der Waals surface area contributed by atoms with Crippen LogP contribution in [-0.2, 0) is 4.79 Å². The van der Waals surface area contributed by atoms with Crippen LogP contribution in [0.2, 0.25) is 0 Å². The molecule has 0 aliphatic rings. The number of carbonyl (C=O) groups is 1. The SMILES string of the molecule is O=C(O)C=[SH]c1ccc(Br)cc1. The topological polar surface area (TPSA) is 37.3 Å². The van der Waals surface area contributed by atoms with Gasteiger partial charge in [0.05, 0.1) is 0 Å². The van der Waals surface area contributed by atoms with E-state index in [-0.39, 0.29) is 0 Å². The van der Waals surface area contributed by atoms with Crippen molar-refractivity contribution in [1.82, 2.24) is 0 Å². The van der Waals surface area contributed by atoms with E-state index in [1.54, 1.807) is 0 Å². The summed E-state index contributed by atoms with van der Waals surface area (Å²) in [5.41, 5.74) is 0. The van der Waals surface area contributed by atoms with E-state index in [1.165, 1.54) is 5.37 Å². The lowest BCUT2D eigenvalue weighted by molar-refractivity contribution is -0.128. The molecule has 0 aromatic heterocycles. The van der Waals surface area contributed by atoms with E-state index < -0.39 is 5.97 Å². The predicted octanol–water partition coefficient (Wildman–Crippen LogP) is 2.16. The highest BCUT2D eigenvalue weighted by Crippen LogP contribution is 2.14. The fourth-order valence-corrected chi connectivity index (χ4v) is 1.50. The Hall–Kier alpha value is -0.610. The van der Waals surface area contributed by atoms with Gasteiger partial charge >= 0.3 is 5.97 Å². The molecule has 64 valence electrons.